The van der Waals surface area contributed by atoms with Gasteiger partial charge in [-0.15, -0.1) is 0 Å². The molecule has 1 fully saturated rings. The van der Waals surface area contributed by atoms with E-state index in [1.54, 1.807) is 11.8 Å². The fraction of sp³-hybridized carbons (Fsp3) is 1.00. The molecule has 0 aromatic rings. The number of thioether (sulfide) groups is 1. The zero-order valence-corrected chi connectivity index (χ0v) is 12.2. The van der Waals surface area contributed by atoms with Gasteiger partial charge in [-0.25, -0.2) is 0 Å². The van der Waals surface area contributed by atoms with Crippen LogP contribution in [0.2, 0.25) is 0 Å². The summed E-state index contributed by atoms with van der Waals surface area (Å²) >= 11 is 1.64. The number of nitrogens with zero attached hydrogens (tertiary/aromatic N) is 1. The largest absolute Gasteiger partial charge is 0.330 e. The molecule has 1 rings (SSSR count). The molecule has 1 aliphatic rings. The van der Waals surface area contributed by atoms with Gasteiger partial charge in [0, 0.05) is 24.9 Å². The van der Waals surface area contributed by atoms with Gasteiger partial charge in [-0.1, -0.05) is 0 Å². The van der Waals surface area contributed by atoms with Crippen molar-refractivity contribution in [3.05, 3.63) is 0 Å². The van der Waals surface area contributed by atoms with Crippen LogP contribution in [-0.2, 0) is 10.2 Å². The molecule has 0 aliphatic carbocycles. The Kier molecular flexibility index (Phi) is 6.22. The van der Waals surface area contributed by atoms with Crippen molar-refractivity contribution in [2.24, 2.45) is 11.7 Å². The van der Waals surface area contributed by atoms with Crippen LogP contribution in [0.15, 0.2) is 0 Å². The molecule has 1 heterocycles. The predicted molar refractivity (Wildman–Crippen MR) is 73.3 cm³/mol. The number of nitrogens with two attached hydrogens (primary N) is 1. The maximum absolute atomic E-state index is 12.1. The zero-order valence-electron chi connectivity index (χ0n) is 10.6. The van der Waals surface area contributed by atoms with Gasteiger partial charge in [-0.05, 0) is 38.5 Å². The van der Waals surface area contributed by atoms with Gasteiger partial charge in [0.05, 0.1) is 0 Å². The normalized spacial score (nSPS) is 24.8. The molecule has 3 N–H and O–H groups in total. The van der Waals surface area contributed by atoms with Crippen LogP contribution < -0.4 is 10.5 Å². The van der Waals surface area contributed by atoms with Gasteiger partial charge in [0.2, 0.25) is 0 Å². The Morgan fingerprint density at radius 3 is 2.88 bits per heavy atom. The minimum atomic E-state index is -3.33. The van der Waals surface area contributed by atoms with Crippen molar-refractivity contribution in [1.29, 1.82) is 0 Å². The van der Waals surface area contributed by atoms with Gasteiger partial charge in [0.15, 0.2) is 0 Å². The molecular formula is C10H23N3O2S2. The summed E-state index contributed by atoms with van der Waals surface area (Å²) in [7, 11) is -3.33. The Morgan fingerprint density at radius 2 is 2.29 bits per heavy atom. The van der Waals surface area contributed by atoms with E-state index in [-0.39, 0.29) is 6.04 Å². The predicted octanol–water partition coefficient (Wildman–Crippen LogP) is 0.243. The first kappa shape index (κ1) is 15.2. The summed E-state index contributed by atoms with van der Waals surface area (Å²) in [6.07, 6.45) is 3.90. The molecule has 0 saturated carbocycles. The van der Waals surface area contributed by atoms with Crippen LogP contribution in [0, 0.1) is 5.92 Å². The highest BCUT2D eigenvalue weighted by molar-refractivity contribution is 7.98. The van der Waals surface area contributed by atoms with E-state index in [2.05, 4.69) is 4.72 Å². The molecule has 0 spiro atoms. The highest BCUT2D eigenvalue weighted by Crippen LogP contribution is 2.17. The van der Waals surface area contributed by atoms with Crippen LogP contribution in [0.5, 0.6) is 0 Å². The van der Waals surface area contributed by atoms with E-state index in [0.29, 0.717) is 25.6 Å². The third-order valence-electron chi connectivity index (χ3n) is 2.92. The van der Waals surface area contributed by atoms with Crippen LogP contribution in [0.25, 0.3) is 0 Å². The van der Waals surface area contributed by atoms with Gasteiger partial charge in [0.1, 0.15) is 0 Å². The smallest absolute Gasteiger partial charge is 0.279 e. The SMILES string of the molecule is CSCC(C)NS(=O)(=O)N1CCCC(CN)C1. The summed E-state index contributed by atoms with van der Waals surface area (Å²) in [6.45, 7) is 3.61. The molecule has 0 bridgehead atoms. The van der Waals surface area contributed by atoms with Crippen molar-refractivity contribution in [2.45, 2.75) is 25.8 Å². The van der Waals surface area contributed by atoms with E-state index in [1.165, 1.54) is 4.31 Å². The molecule has 2 atom stereocenters. The third kappa shape index (κ3) is 4.75. The summed E-state index contributed by atoms with van der Waals surface area (Å²) in [4.78, 5) is 0. The quantitative estimate of drug-likeness (QED) is 0.731. The molecule has 2 unspecified atom stereocenters. The van der Waals surface area contributed by atoms with Crippen LogP contribution >= 0.6 is 11.8 Å². The molecular weight excluding hydrogens is 258 g/mol. The number of rotatable bonds is 6. The number of hydrogen-bond donors (Lipinski definition) is 2. The Bertz CT molecular complexity index is 322. The Hall–Kier alpha value is 0.180. The topological polar surface area (TPSA) is 75.4 Å². The minimum absolute atomic E-state index is 0.0340. The van der Waals surface area contributed by atoms with Crippen LogP contribution in [0.3, 0.4) is 0 Å². The van der Waals surface area contributed by atoms with Crippen molar-refractivity contribution in [1.82, 2.24) is 9.03 Å². The Balaban J connectivity index is 2.57. The van der Waals surface area contributed by atoms with Gasteiger partial charge in [-0.3, -0.25) is 0 Å². The first-order valence-electron chi connectivity index (χ1n) is 5.96. The van der Waals surface area contributed by atoms with E-state index in [4.69, 9.17) is 5.73 Å². The second-order valence-corrected chi connectivity index (χ2v) is 7.19. The molecule has 17 heavy (non-hydrogen) atoms. The lowest BCUT2D eigenvalue weighted by Crippen LogP contribution is -2.49. The fourth-order valence-electron chi connectivity index (χ4n) is 2.05. The lowest BCUT2D eigenvalue weighted by Gasteiger charge is -2.32. The minimum Gasteiger partial charge on any atom is -0.330 e. The van der Waals surface area contributed by atoms with Gasteiger partial charge in [0.25, 0.3) is 10.2 Å². The highest BCUT2D eigenvalue weighted by Gasteiger charge is 2.28. The molecule has 1 aliphatic heterocycles. The lowest BCUT2D eigenvalue weighted by molar-refractivity contribution is 0.268. The van der Waals surface area contributed by atoms with Crippen LogP contribution in [0.1, 0.15) is 19.8 Å². The second-order valence-electron chi connectivity index (χ2n) is 4.58. The van der Waals surface area contributed by atoms with Crippen LogP contribution in [0.4, 0.5) is 0 Å². The summed E-state index contributed by atoms with van der Waals surface area (Å²) < 4.78 is 28.4. The van der Waals surface area contributed by atoms with Gasteiger partial charge < -0.3 is 5.73 Å². The monoisotopic (exact) mass is 281 g/mol. The van der Waals surface area contributed by atoms with Crippen molar-refractivity contribution in [3.8, 4) is 0 Å². The lowest BCUT2D eigenvalue weighted by atomic mass is 10.0. The van der Waals surface area contributed by atoms with Gasteiger partial charge in [-0.2, -0.15) is 29.2 Å². The van der Waals surface area contributed by atoms with E-state index < -0.39 is 10.2 Å². The number of hydrogen-bond acceptors (Lipinski definition) is 4. The third-order valence-corrected chi connectivity index (χ3v) is 5.47. The van der Waals surface area contributed by atoms with Crippen molar-refractivity contribution >= 4 is 22.0 Å². The second kappa shape index (κ2) is 6.94. The van der Waals surface area contributed by atoms with E-state index >= 15 is 0 Å². The van der Waals surface area contributed by atoms with Crippen LogP contribution in [-0.4, -0.2) is 50.4 Å². The molecule has 0 aromatic carbocycles. The maximum atomic E-state index is 12.1. The maximum Gasteiger partial charge on any atom is 0.279 e. The Morgan fingerprint density at radius 1 is 1.59 bits per heavy atom. The summed E-state index contributed by atoms with van der Waals surface area (Å²) in [5, 5.41) is 0. The molecule has 0 aromatic heterocycles. The summed E-state index contributed by atoms with van der Waals surface area (Å²) in [5.74, 6) is 1.09. The van der Waals surface area contributed by atoms with E-state index in [1.807, 2.05) is 13.2 Å². The molecule has 5 nitrogen and oxygen atoms in total. The Labute approximate surface area is 109 Å². The zero-order chi connectivity index (χ0) is 12.9. The van der Waals surface area contributed by atoms with Crippen molar-refractivity contribution in [3.63, 3.8) is 0 Å². The van der Waals surface area contributed by atoms with E-state index in [9.17, 15) is 8.42 Å². The summed E-state index contributed by atoms with van der Waals surface area (Å²) in [6, 6.07) is -0.0340. The standard InChI is InChI=1S/C10H23N3O2S2/c1-9(8-16-2)12-17(14,15)13-5-3-4-10(6-11)7-13/h9-10,12H,3-8,11H2,1-2H3. The molecule has 7 heteroatoms. The average Bonchev–Trinajstić information content (AvgIpc) is 2.28. The van der Waals surface area contributed by atoms with Gasteiger partial charge >= 0.3 is 0 Å². The van der Waals surface area contributed by atoms with Crippen molar-refractivity contribution < 1.29 is 8.42 Å². The highest BCUT2D eigenvalue weighted by atomic mass is 32.2. The first-order chi connectivity index (χ1) is 7.99. The summed E-state index contributed by atoms with van der Waals surface area (Å²) in [5.41, 5.74) is 5.61. The fourth-order valence-corrected chi connectivity index (χ4v) is 4.26. The molecule has 0 radical (unpaired) electrons. The number of piperidine rings is 1. The van der Waals surface area contributed by atoms with E-state index in [0.717, 1.165) is 18.6 Å². The number of nitrogens with one attached hydrogen (secondary N) is 1. The molecule has 1 saturated heterocycles. The average molecular weight is 281 g/mol. The molecule has 102 valence electrons. The van der Waals surface area contributed by atoms with Crippen molar-refractivity contribution in [2.75, 3.05) is 31.6 Å². The molecule has 0 amide bonds. The first-order valence-corrected chi connectivity index (χ1v) is 8.79.